The number of nitrogens with zero attached hydrogens (tertiary/aromatic N) is 1. The lowest BCUT2D eigenvalue weighted by Gasteiger charge is -2.11. The van der Waals surface area contributed by atoms with Crippen LogP contribution in [0.4, 0.5) is 11.5 Å². The molecule has 0 saturated carbocycles. The van der Waals surface area contributed by atoms with E-state index >= 15 is 0 Å². The Bertz CT molecular complexity index is 643. The minimum absolute atomic E-state index is 0.195. The van der Waals surface area contributed by atoms with E-state index in [-0.39, 0.29) is 5.91 Å². The van der Waals surface area contributed by atoms with Gasteiger partial charge in [0, 0.05) is 17.8 Å². The minimum atomic E-state index is -0.195. The molecule has 0 atom stereocenters. The number of anilines is 2. The van der Waals surface area contributed by atoms with E-state index in [1.54, 1.807) is 12.1 Å². The van der Waals surface area contributed by atoms with Crippen LogP contribution in [0.5, 0.6) is 0 Å². The molecule has 0 spiro atoms. The minimum Gasteiger partial charge on any atom is -0.370 e. The number of amides is 1. The Morgan fingerprint density at radius 1 is 1.24 bits per heavy atom. The van der Waals surface area contributed by atoms with Crippen molar-refractivity contribution in [3.63, 3.8) is 0 Å². The Labute approximate surface area is 129 Å². The van der Waals surface area contributed by atoms with Gasteiger partial charge in [-0.3, -0.25) is 4.79 Å². The van der Waals surface area contributed by atoms with Gasteiger partial charge in [-0.25, -0.2) is 4.98 Å². The van der Waals surface area contributed by atoms with Gasteiger partial charge < -0.3 is 10.6 Å². The molecule has 0 fully saturated rings. The fraction of sp³-hybridized carbons (Fsp3) is 0.250. The Kier molecular flexibility index (Phi) is 5.17. The first-order valence-electron chi connectivity index (χ1n) is 6.94. The van der Waals surface area contributed by atoms with Gasteiger partial charge in [-0.2, -0.15) is 0 Å². The Morgan fingerprint density at radius 3 is 2.71 bits per heavy atom. The lowest BCUT2D eigenvalue weighted by Crippen LogP contribution is -2.14. The van der Waals surface area contributed by atoms with E-state index in [2.05, 4.69) is 22.5 Å². The SMILES string of the molecule is CCNc1cc(C(=O)Nc2ccccc2CC)cc(Cl)n1. The third-order valence-corrected chi connectivity index (χ3v) is 3.25. The van der Waals surface area contributed by atoms with Crippen molar-refractivity contribution in [2.45, 2.75) is 20.3 Å². The fourth-order valence-corrected chi connectivity index (χ4v) is 2.25. The van der Waals surface area contributed by atoms with Crippen molar-refractivity contribution >= 4 is 29.0 Å². The summed E-state index contributed by atoms with van der Waals surface area (Å²) in [6.07, 6.45) is 0.857. The van der Waals surface area contributed by atoms with Crippen molar-refractivity contribution in [3.8, 4) is 0 Å². The molecule has 1 heterocycles. The highest BCUT2D eigenvalue weighted by Gasteiger charge is 2.11. The highest BCUT2D eigenvalue weighted by Crippen LogP contribution is 2.19. The highest BCUT2D eigenvalue weighted by molar-refractivity contribution is 6.30. The second kappa shape index (κ2) is 7.09. The maximum Gasteiger partial charge on any atom is 0.255 e. The standard InChI is InChI=1S/C16H18ClN3O/c1-3-11-7-5-6-8-13(11)19-16(21)12-9-14(17)20-15(10-12)18-4-2/h5-10H,3-4H2,1-2H3,(H,18,20)(H,19,21). The number of aryl methyl sites for hydroxylation is 1. The van der Waals surface area contributed by atoms with Crippen LogP contribution in [0.15, 0.2) is 36.4 Å². The number of benzene rings is 1. The number of carbonyl (C=O) groups is 1. The predicted octanol–water partition coefficient (Wildman–Crippen LogP) is 3.98. The molecule has 2 rings (SSSR count). The van der Waals surface area contributed by atoms with E-state index in [4.69, 9.17) is 11.6 Å². The summed E-state index contributed by atoms with van der Waals surface area (Å²) in [5, 5.41) is 6.27. The average Bonchev–Trinajstić information content (AvgIpc) is 2.47. The molecule has 110 valence electrons. The largest absolute Gasteiger partial charge is 0.370 e. The van der Waals surface area contributed by atoms with E-state index in [1.165, 1.54) is 0 Å². The van der Waals surface area contributed by atoms with Gasteiger partial charge in [-0.05, 0) is 37.1 Å². The van der Waals surface area contributed by atoms with Gasteiger partial charge >= 0.3 is 0 Å². The normalized spacial score (nSPS) is 10.2. The summed E-state index contributed by atoms with van der Waals surface area (Å²) in [4.78, 5) is 16.5. The van der Waals surface area contributed by atoms with Gasteiger partial charge in [-0.1, -0.05) is 36.7 Å². The maximum absolute atomic E-state index is 12.4. The average molecular weight is 304 g/mol. The zero-order chi connectivity index (χ0) is 15.2. The third-order valence-electron chi connectivity index (χ3n) is 3.06. The first-order valence-corrected chi connectivity index (χ1v) is 7.32. The number of carbonyl (C=O) groups excluding carboxylic acids is 1. The van der Waals surface area contributed by atoms with Crippen LogP contribution in [-0.4, -0.2) is 17.4 Å². The van der Waals surface area contributed by atoms with Crippen molar-refractivity contribution in [2.75, 3.05) is 17.2 Å². The van der Waals surface area contributed by atoms with E-state index in [1.807, 2.05) is 31.2 Å². The molecule has 0 aliphatic rings. The monoisotopic (exact) mass is 303 g/mol. The van der Waals surface area contributed by atoms with E-state index in [0.717, 1.165) is 17.7 Å². The molecule has 0 aliphatic heterocycles. The topological polar surface area (TPSA) is 54.0 Å². The van der Waals surface area contributed by atoms with Crippen molar-refractivity contribution in [2.24, 2.45) is 0 Å². The molecule has 5 heteroatoms. The zero-order valence-corrected chi connectivity index (χ0v) is 12.9. The summed E-state index contributed by atoms with van der Waals surface area (Å²) in [6.45, 7) is 4.73. The van der Waals surface area contributed by atoms with Gasteiger partial charge in [0.2, 0.25) is 0 Å². The molecule has 4 nitrogen and oxygen atoms in total. The molecule has 0 bridgehead atoms. The van der Waals surface area contributed by atoms with Crippen molar-refractivity contribution in [1.29, 1.82) is 0 Å². The Balaban J connectivity index is 2.24. The molecule has 0 saturated heterocycles. The molecule has 0 unspecified atom stereocenters. The number of pyridine rings is 1. The predicted molar refractivity (Wildman–Crippen MR) is 87.2 cm³/mol. The number of hydrogen-bond donors (Lipinski definition) is 2. The van der Waals surface area contributed by atoms with Gasteiger partial charge in [0.05, 0.1) is 0 Å². The maximum atomic E-state index is 12.4. The van der Waals surface area contributed by atoms with Gasteiger partial charge in [0.25, 0.3) is 5.91 Å². The van der Waals surface area contributed by atoms with Crippen molar-refractivity contribution in [3.05, 3.63) is 52.7 Å². The van der Waals surface area contributed by atoms with Gasteiger partial charge in [-0.15, -0.1) is 0 Å². The van der Waals surface area contributed by atoms with Crippen molar-refractivity contribution < 1.29 is 4.79 Å². The Morgan fingerprint density at radius 2 is 2.00 bits per heavy atom. The van der Waals surface area contributed by atoms with Crippen LogP contribution in [0, 0.1) is 0 Å². The van der Waals surface area contributed by atoms with Crippen LogP contribution in [0.25, 0.3) is 0 Å². The van der Waals surface area contributed by atoms with Crippen LogP contribution >= 0.6 is 11.6 Å². The first-order chi connectivity index (χ1) is 10.1. The van der Waals surface area contributed by atoms with E-state index < -0.39 is 0 Å². The number of rotatable bonds is 5. The van der Waals surface area contributed by atoms with E-state index in [9.17, 15) is 4.79 Å². The van der Waals surface area contributed by atoms with Crippen LogP contribution in [0.2, 0.25) is 5.15 Å². The molecule has 21 heavy (non-hydrogen) atoms. The molecule has 2 aromatic rings. The smallest absolute Gasteiger partial charge is 0.255 e. The highest BCUT2D eigenvalue weighted by atomic mass is 35.5. The second-order valence-corrected chi connectivity index (χ2v) is 4.95. The summed E-state index contributed by atoms with van der Waals surface area (Å²) >= 11 is 5.96. The summed E-state index contributed by atoms with van der Waals surface area (Å²) in [6, 6.07) is 11.0. The number of nitrogens with one attached hydrogen (secondary N) is 2. The first kappa shape index (κ1) is 15.3. The fourth-order valence-electron chi connectivity index (χ4n) is 2.04. The van der Waals surface area contributed by atoms with E-state index in [0.29, 0.717) is 23.1 Å². The van der Waals surface area contributed by atoms with Crippen LogP contribution in [0.3, 0.4) is 0 Å². The van der Waals surface area contributed by atoms with Crippen LogP contribution < -0.4 is 10.6 Å². The van der Waals surface area contributed by atoms with Gasteiger partial charge in [0.15, 0.2) is 0 Å². The number of hydrogen-bond acceptors (Lipinski definition) is 3. The second-order valence-electron chi connectivity index (χ2n) is 4.56. The third kappa shape index (κ3) is 3.95. The van der Waals surface area contributed by atoms with Crippen molar-refractivity contribution in [1.82, 2.24) is 4.98 Å². The summed E-state index contributed by atoms with van der Waals surface area (Å²) in [5.74, 6) is 0.401. The molecule has 1 amide bonds. The molecule has 1 aromatic carbocycles. The molecular formula is C16H18ClN3O. The number of aromatic nitrogens is 1. The Hall–Kier alpha value is -2.07. The quantitative estimate of drug-likeness (QED) is 0.821. The van der Waals surface area contributed by atoms with Crippen LogP contribution in [0.1, 0.15) is 29.8 Å². The van der Waals surface area contributed by atoms with Crippen LogP contribution in [-0.2, 0) is 6.42 Å². The number of para-hydroxylation sites is 1. The zero-order valence-electron chi connectivity index (χ0n) is 12.1. The molecule has 0 aliphatic carbocycles. The summed E-state index contributed by atoms with van der Waals surface area (Å²) in [5.41, 5.74) is 2.40. The lowest BCUT2D eigenvalue weighted by atomic mass is 10.1. The summed E-state index contributed by atoms with van der Waals surface area (Å²) in [7, 11) is 0. The van der Waals surface area contributed by atoms with Gasteiger partial charge in [0.1, 0.15) is 11.0 Å². The molecule has 0 radical (unpaired) electrons. The lowest BCUT2D eigenvalue weighted by molar-refractivity contribution is 0.102. The molecule has 2 N–H and O–H groups in total. The molecule has 1 aromatic heterocycles. The summed E-state index contributed by atoms with van der Waals surface area (Å²) < 4.78 is 0. The molecular weight excluding hydrogens is 286 g/mol. The number of halogens is 1.